The molecule has 4 fully saturated rings. The van der Waals surface area contributed by atoms with Crippen molar-refractivity contribution in [3.8, 4) is 0 Å². The molecule has 0 unspecified atom stereocenters. The van der Waals surface area contributed by atoms with Gasteiger partial charge in [-0.3, -0.25) is 4.79 Å². The fourth-order valence-corrected chi connectivity index (χ4v) is 9.64. The fraction of sp³-hybridized carbons (Fsp3) is 0.750. The molecule has 13 atom stereocenters. The highest BCUT2D eigenvalue weighted by Gasteiger charge is 2.75. The molecule has 1 aromatic heterocycles. The molecule has 44 heavy (non-hydrogen) atoms. The van der Waals surface area contributed by atoms with Gasteiger partial charge in [0.05, 0.1) is 24.6 Å². The van der Waals surface area contributed by atoms with Crippen LogP contribution in [0.15, 0.2) is 39.3 Å². The van der Waals surface area contributed by atoms with Crippen LogP contribution in [0.2, 0.25) is 0 Å². The highest BCUT2D eigenvalue weighted by molar-refractivity contribution is 5.66. The van der Waals surface area contributed by atoms with Crippen molar-refractivity contribution in [3.05, 3.63) is 46.0 Å². The number of ether oxygens (including phenoxy) is 3. The summed E-state index contributed by atoms with van der Waals surface area (Å²) in [5, 5.41) is 65.9. The summed E-state index contributed by atoms with van der Waals surface area (Å²) in [6, 6.07) is 3.10. The monoisotopic (exact) mass is 620 g/mol. The Hall–Kier alpha value is -2.16. The van der Waals surface area contributed by atoms with Crippen LogP contribution in [-0.4, -0.2) is 97.3 Å². The zero-order valence-electron chi connectivity index (χ0n) is 25.3. The molecule has 244 valence electrons. The molecule has 5 aliphatic rings. The number of hydrogen-bond donors (Lipinski definition) is 6. The van der Waals surface area contributed by atoms with Gasteiger partial charge in [0.2, 0.25) is 0 Å². The zero-order chi connectivity index (χ0) is 31.8. The number of rotatable bonds is 5. The van der Waals surface area contributed by atoms with E-state index in [0.717, 1.165) is 11.1 Å². The minimum absolute atomic E-state index is 0.0197. The lowest BCUT2D eigenvalue weighted by Crippen LogP contribution is -2.73. The third kappa shape index (κ3) is 4.56. The highest BCUT2D eigenvalue weighted by Crippen LogP contribution is 2.71. The standard InChI is InChI=1S/C32H44O12/c1-16(34)42-21-13-31(39)23(8-10-30(3)19(7-11-32(30,31)40)17-4-5-24(35)41-15-17)29(2)9-6-18(12-20(21)29)43-28-27(38)26(37)25(36)22(14-33)44-28/h4-5,12,15,18-19,21-23,25-28,33,36-40H,6-11,13-14H2,1-3H3/t18-,19+,21+,22+,23-,25-,26-,27-,28+,29+,30-,31+,32+/m1/s1. The first kappa shape index (κ1) is 31.8. The quantitative estimate of drug-likeness (QED) is 0.199. The number of carbonyl (C=O) groups is 1. The smallest absolute Gasteiger partial charge is 0.335 e. The van der Waals surface area contributed by atoms with E-state index in [9.17, 15) is 40.2 Å². The number of hydrogen-bond acceptors (Lipinski definition) is 12. The molecule has 1 aliphatic heterocycles. The Bertz CT molecular complexity index is 1340. The van der Waals surface area contributed by atoms with Gasteiger partial charge >= 0.3 is 11.6 Å². The van der Waals surface area contributed by atoms with Gasteiger partial charge in [-0.1, -0.05) is 19.9 Å². The average Bonchev–Trinajstić information content (AvgIpc) is 3.26. The molecule has 1 aromatic rings. The van der Waals surface area contributed by atoms with Crippen molar-refractivity contribution in [2.45, 2.75) is 126 Å². The second-order valence-electron chi connectivity index (χ2n) is 14.0. The first-order chi connectivity index (χ1) is 20.7. The summed E-state index contributed by atoms with van der Waals surface area (Å²) in [6.45, 7) is 4.74. The summed E-state index contributed by atoms with van der Waals surface area (Å²) < 4.78 is 22.6. The summed E-state index contributed by atoms with van der Waals surface area (Å²) in [5.74, 6) is -1.06. The predicted molar refractivity (Wildman–Crippen MR) is 152 cm³/mol. The van der Waals surface area contributed by atoms with Crippen molar-refractivity contribution in [2.24, 2.45) is 16.7 Å². The van der Waals surface area contributed by atoms with Crippen LogP contribution in [0.5, 0.6) is 0 Å². The van der Waals surface area contributed by atoms with Crippen LogP contribution < -0.4 is 5.63 Å². The predicted octanol–water partition coefficient (Wildman–Crippen LogP) is 0.643. The normalized spacial score (nSPS) is 48.5. The molecule has 3 saturated carbocycles. The second-order valence-corrected chi connectivity index (χ2v) is 14.0. The minimum Gasteiger partial charge on any atom is -0.458 e. The van der Waals surface area contributed by atoms with Crippen molar-refractivity contribution in [3.63, 3.8) is 0 Å². The van der Waals surface area contributed by atoms with Crippen LogP contribution in [0, 0.1) is 16.7 Å². The summed E-state index contributed by atoms with van der Waals surface area (Å²) in [4.78, 5) is 24.0. The number of fused-ring (bicyclic) bond motifs is 5. The third-order valence-corrected chi connectivity index (χ3v) is 11.9. The lowest BCUT2D eigenvalue weighted by Gasteiger charge is -2.66. The average molecular weight is 621 g/mol. The maximum atomic E-state index is 12.8. The van der Waals surface area contributed by atoms with Gasteiger partial charge in [0, 0.05) is 24.8 Å². The Kier molecular flexibility index (Phi) is 7.94. The Morgan fingerprint density at radius 2 is 1.77 bits per heavy atom. The topological polar surface area (TPSA) is 196 Å². The number of aliphatic hydroxyl groups excluding tert-OH is 4. The van der Waals surface area contributed by atoms with Crippen molar-refractivity contribution in [2.75, 3.05) is 6.61 Å². The number of esters is 1. The van der Waals surface area contributed by atoms with Crippen molar-refractivity contribution in [1.82, 2.24) is 0 Å². The van der Waals surface area contributed by atoms with E-state index < -0.39 is 83.1 Å². The summed E-state index contributed by atoms with van der Waals surface area (Å²) >= 11 is 0. The van der Waals surface area contributed by atoms with Gasteiger partial charge in [-0.05, 0) is 73.0 Å². The van der Waals surface area contributed by atoms with Crippen LogP contribution in [0.1, 0.15) is 77.2 Å². The van der Waals surface area contributed by atoms with E-state index in [2.05, 4.69) is 0 Å². The number of aliphatic hydroxyl groups is 6. The fourth-order valence-electron chi connectivity index (χ4n) is 9.64. The van der Waals surface area contributed by atoms with E-state index in [1.807, 2.05) is 19.9 Å². The molecule has 4 aliphatic carbocycles. The largest absolute Gasteiger partial charge is 0.458 e. The van der Waals surface area contributed by atoms with E-state index in [4.69, 9.17) is 18.6 Å². The minimum atomic E-state index is -1.60. The molecule has 0 amide bonds. The van der Waals surface area contributed by atoms with Crippen molar-refractivity contribution >= 4 is 5.97 Å². The lowest BCUT2D eigenvalue weighted by atomic mass is 9.42. The molecule has 2 heterocycles. The molecule has 6 rings (SSSR count). The molecule has 0 radical (unpaired) electrons. The van der Waals surface area contributed by atoms with E-state index in [1.54, 1.807) is 6.07 Å². The van der Waals surface area contributed by atoms with Crippen LogP contribution in [0.3, 0.4) is 0 Å². The highest BCUT2D eigenvalue weighted by atomic mass is 16.7. The van der Waals surface area contributed by atoms with E-state index in [0.29, 0.717) is 38.5 Å². The maximum Gasteiger partial charge on any atom is 0.335 e. The first-order valence-corrected chi connectivity index (χ1v) is 15.6. The van der Waals surface area contributed by atoms with Gasteiger partial charge in [0.15, 0.2) is 6.29 Å². The van der Waals surface area contributed by atoms with Gasteiger partial charge in [-0.15, -0.1) is 0 Å². The van der Waals surface area contributed by atoms with Gasteiger partial charge in [-0.2, -0.15) is 0 Å². The molecule has 6 N–H and O–H groups in total. The Labute approximate surface area is 255 Å². The van der Waals surface area contributed by atoms with E-state index in [-0.39, 0.29) is 18.3 Å². The number of carbonyl (C=O) groups excluding carboxylic acids is 1. The molecule has 1 saturated heterocycles. The maximum absolute atomic E-state index is 12.8. The molecule has 0 bridgehead atoms. The second kappa shape index (κ2) is 11.0. The third-order valence-electron chi connectivity index (χ3n) is 11.9. The summed E-state index contributed by atoms with van der Waals surface area (Å²) in [6.07, 6.45) is -2.23. The SMILES string of the molecule is CC(=O)O[C@H]1C[C@]2(O)[C@H](CC[C@]3(C)[C@H](c4ccc(=O)oc4)CC[C@]32O)[C@@]2(C)CC[C@@H](O[C@H]3O[C@@H](CO)[C@@H](O)[C@@H](O)[C@H]3O)C=C12. The molecular weight excluding hydrogens is 576 g/mol. The van der Waals surface area contributed by atoms with Crippen LogP contribution >= 0.6 is 0 Å². The van der Waals surface area contributed by atoms with E-state index in [1.165, 1.54) is 19.3 Å². The van der Waals surface area contributed by atoms with Crippen LogP contribution in [0.4, 0.5) is 0 Å². The first-order valence-electron chi connectivity index (χ1n) is 15.6. The van der Waals surface area contributed by atoms with Crippen LogP contribution in [-0.2, 0) is 19.0 Å². The Balaban J connectivity index is 1.33. The molecule has 12 heteroatoms. The van der Waals surface area contributed by atoms with Gasteiger partial charge < -0.3 is 49.3 Å². The Morgan fingerprint density at radius 3 is 2.43 bits per heavy atom. The van der Waals surface area contributed by atoms with Crippen molar-refractivity contribution in [1.29, 1.82) is 0 Å². The summed E-state index contributed by atoms with van der Waals surface area (Å²) in [5.41, 5.74) is -3.41. The van der Waals surface area contributed by atoms with Gasteiger partial charge in [0.1, 0.15) is 36.1 Å². The zero-order valence-corrected chi connectivity index (χ0v) is 25.3. The molecule has 12 nitrogen and oxygen atoms in total. The van der Waals surface area contributed by atoms with Crippen molar-refractivity contribution < 1.29 is 54.1 Å². The van der Waals surface area contributed by atoms with Crippen LogP contribution in [0.25, 0.3) is 0 Å². The molecule has 0 aromatic carbocycles. The summed E-state index contributed by atoms with van der Waals surface area (Å²) in [7, 11) is 0. The Morgan fingerprint density at radius 1 is 1.02 bits per heavy atom. The molecular formula is C32H44O12. The lowest BCUT2D eigenvalue weighted by molar-refractivity contribution is -0.310. The van der Waals surface area contributed by atoms with Gasteiger partial charge in [-0.25, -0.2) is 4.79 Å². The molecule has 0 spiro atoms. The van der Waals surface area contributed by atoms with Gasteiger partial charge in [0.25, 0.3) is 0 Å². The van der Waals surface area contributed by atoms with E-state index >= 15 is 0 Å².